The maximum absolute atomic E-state index is 12.4. The van der Waals surface area contributed by atoms with Crippen LogP contribution in [-0.4, -0.2) is 41.6 Å². The topological polar surface area (TPSA) is 66.8 Å². The van der Waals surface area contributed by atoms with Gasteiger partial charge >= 0.3 is 5.97 Å². The highest BCUT2D eigenvalue weighted by Gasteiger charge is 2.20. The summed E-state index contributed by atoms with van der Waals surface area (Å²) in [4.78, 5) is 25.5. The zero-order chi connectivity index (χ0) is 15.1. The van der Waals surface area contributed by atoms with Crippen LogP contribution in [0, 0.1) is 6.92 Å². The number of phenolic OH excluding ortho intramolecular Hbond substituents is 1. The molecule has 0 bridgehead atoms. The minimum absolute atomic E-state index is 0.0547. The molecule has 1 aromatic rings. The zero-order valence-electron chi connectivity index (χ0n) is 12.2. The van der Waals surface area contributed by atoms with Gasteiger partial charge in [-0.05, 0) is 44.0 Å². The van der Waals surface area contributed by atoms with Crippen molar-refractivity contribution in [2.75, 3.05) is 19.7 Å². The van der Waals surface area contributed by atoms with Crippen LogP contribution in [0.3, 0.4) is 0 Å². The molecule has 0 saturated carbocycles. The van der Waals surface area contributed by atoms with Crippen molar-refractivity contribution in [3.05, 3.63) is 29.3 Å². The third-order valence-corrected chi connectivity index (χ3v) is 2.85. The van der Waals surface area contributed by atoms with Gasteiger partial charge in [-0.3, -0.25) is 9.59 Å². The maximum atomic E-state index is 12.4. The van der Waals surface area contributed by atoms with Crippen molar-refractivity contribution in [1.82, 2.24) is 4.90 Å². The quantitative estimate of drug-likeness (QED) is 0.810. The number of rotatable bonds is 6. The van der Waals surface area contributed by atoms with Crippen molar-refractivity contribution >= 4 is 11.9 Å². The Morgan fingerprint density at radius 2 is 2.00 bits per heavy atom. The summed E-state index contributed by atoms with van der Waals surface area (Å²) in [5.74, 6) is -0.519. The number of hydrogen-bond donors (Lipinski definition) is 1. The molecule has 110 valence electrons. The molecule has 1 aromatic carbocycles. The SMILES string of the molecule is CCCN(CC(=O)OCC)C(=O)c1ccc(O)cc1C. The van der Waals surface area contributed by atoms with Gasteiger partial charge in [0.1, 0.15) is 12.3 Å². The molecule has 0 aliphatic carbocycles. The molecule has 0 heterocycles. The molecular formula is C15H21NO4. The number of esters is 1. The highest BCUT2D eigenvalue weighted by molar-refractivity contribution is 5.97. The van der Waals surface area contributed by atoms with Crippen LogP contribution >= 0.6 is 0 Å². The van der Waals surface area contributed by atoms with Crippen LogP contribution < -0.4 is 0 Å². The Labute approximate surface area is 119 Å². The molecule has 0 saturated heterocycles. The van der Waals surface area contributed by atoms with E-state index in [1.54, 1.807) is 19.9 Å². The van der Waals surface area contributed by atoms with Gasteiger partial charge in [0.15, 0.2) is 0 Å². The number of benzene rings is 1. The third kappa shape index (κ3) is 4.26. The van der Waals surface area contributed by atoms with Crippen molar-refractivity contribution in [2.24, 2.45) is 0 Å². The number of phenols is 1. The second kappa shape index (κ2) is 7.53. The van der Waals surface area contributed by atoms with E-state index >= 15 is 0 Å². The fourth-order valence-corrected chi connectivity index (χ4v) is 1.94. The van der Waals surface area contributed by atoms with Crippen LogP contribution in [0.1, 0.15) is 36.2 Å². The Bertz CT molecular complexity index is 485. The van der Waals surface area contributed by atoms with E-state index < -0.39 is 5.97 Å². The van der Waals surface area contributed by atoms with E-state index in [2.05, 4.69) is 0 Å². The Hall–Kier alpha value is -2.04. The molecule has 0 radical (unpaired) electrons. The number of ether oxygens (including phenoxy) is 1. The van der Waals surface area contributed by atoms with Gasteiger partial charge in [0.05, 0.1) is 6.61 Å². The molecule has 0 aliphatic rings. The predicted molar refractivity (Wildman–Crippen MR) is 75.7 cm³/mol. The van der Waals surface area contributed by atoms with Crippen molar-refractivity contribution in [3.8, 4) is 5.75 Å². The highest BCUT2D eigenvalue weighted by atomic mass is 16.5. The van der Waals surface area contributed by atoms with Crippen LogP contribution in [0.2, 0.25) is 0 Å². The largest absolute Gasteiger partial charge is 0.508 e. The molecule has 0 fully saturated rings. The average Bonchev–Trinajstić information content (AvgIpc) is 2.38. The van der Waals surface area contributed by atoms with Crippen molar-refractivity contribution in [2.45, 2.75) is 27.2 Å². The lowest BCUT2D eigenvalue weighted by Gasteiger charge is -2.22. The Morgan fingerprint density at radius 1 is 1.30 bits per heavy atom. The van der Waals surface area contributed by atoms with Gasteiger partial charge in [-0.1, -0.05) is 6.92 Å². The lowest BCUT2D eigenvalue weighted by Crippen LogP contribution is -2.37. The van der Waals surface area contributed by atoms with Crippen LogP contribution in [0.4, 0.5) is 0 Å². The monoisotopic (exact) mass is 279 g/mol. The lowest BCUT2D eigenvalue weighted by atomic mass is 10.1. The molecule has 0 aliphatic heterocycles. The van der Waals surface area contributed by atoms with Gasteiger partial charge < -0.3 is 14.7 Å². The summed E-state index contributed by atoms with van der Waals surface area (Å²) in [5, 5.41) is 9.38. The highest BCUT2D eigenvalue weighted by Crippen LogP contribution is 2.17. The van der Waals surface area contributed by atoms with E-state index in [9.17, 15) is 14.7 Å². The number of hydrogen-bond acceptors (Lipinski definition) is 4. The Kier molecular flexibility index (Phi) is 6.03. The fraction of sp³-hybridized carbons (Fsp3) is 0.467. The van der Waals surface area contributed by atoms with Crippen LogP contribution in [0.5, 0.6) is 5.75 Å². The number of nitrogens with zero attached hydrogens (tertiary/aromatic N) is 1. The maximum Gasteiger partial charge on any atom is 0.325 e. The average molecular weight is 279 g/mol. The number of carbonyl (C=O) groups is 2. The van der Waals surface area contributed by atoms with E-state index in [0.717, 1.165) is 6.42 Å². The first kappa shape index (κ1) is 16.0. The molecule has 0 atom stereocenters. The van der Waals surface area contributed by atoms with Gasteiger partial charge in [0.2, 0.25) is 0 Å². The molecule has 0 spiro atoms. The first-order valence-corrected chi connectivity index (χ1v) is 6.74. The summed E-state index contributed by atoms with van der Waals surface area (Å²) in [6.07, 6.45) is 0.752. The Morgan fingerprint density at radius 3 is 2.55 bits per heavy atom. The van der Waals surface area contributed by atoms with Crippen LogP contribution in [0.25, 0.3) is 0 Å². The second-order valence-corrected chi connectivity index (χ2v) is 4.53. The standard InChI is InChI=1S/C15H21NO4/c1-4-8-16(10-14(18)20-5-2)15(19)13-7-6-12(17)9-11(13)3/h6-7,9,17H,4-5,8,10H2,1-3H3. The van der Waals surface area contributed by atoms with Crippen molar-refractivity contribution < 1.29 is 19.4 Å². The van der Waals surface area contributed by atoms with Gasteiger partial charge in [0, 0.05) is 12.1 Å². The number of carbonyl (C=O) groups excluding carboxylic acids is 2. The first-order valence-electron chi connectivity index (χ1n) is 6.74. The summed E-state index contributed by atoms with van der Waals surface area (Å²) in [7, 11) is 0. The van der Waals surface area contributed by atoms with Crippen LogP contribution in [-0.2, 0) is 9.53 Å². The second-order valence-electron chi connectivity index (χ2n) is 4.53. The molecule has 20 heavy (non-hydrogen) atoms. The molecule has 5 heteroatoms. The minimum Gasteiger partial charge on any atom is -0.508 e. The first-order chi connectivity index (χ1) is 9.49. The summed E-state index contributed by atoms with van der Waals surface area (Å²) in [5.41, 5.74) is 1.17. The minimum atomic E-state index is -0.411. The number of aromatic hydroxyl groups is 1. The lowest BCUT2D eigenvalue weighted by molar-refractivity contribution is -0.143. The van der Waals surface area contributed by atoms with Gasteiger partial charge in [-0.2, -0.15) is 0 Å². The number of amides is 1. The van der Waals surface area contributed by atoms with Gasteiger partial charge in [-0.25, -0.2) is 0 Å². The number of aryl methyl sites for hydroxylation is 1. The van der Waals surface area contributed by atoms with Crippen molar-refractivity contribution in [1.29, 1.82) is 0 Å². The molecule has 1 rings (SSSR count). The summed E-state index contributed by atoms with van der Waals surface area (Å²) >= 11 is 0. The molecule has 0 unspecified atom stereocenters. The summed E-state index contributed by atoms with van der Waals surface area (Å²) < 4.78 is 4.88. The fourth-order valence-electron chi connectivity index (χ4n) is 1.94. The van der Waals surface area contributed by atoms with E-state index in [0.29, 0.717) is 24.3 Å². The zero-order valence-corrected chi connectivity index (χ0v) is 12.2. The smallest absolute Gasteiger partial charge is 0.325 e. The van der Waals surface area contributed by atoms with E-state index in [-0.39, 0.29) is 18.2 Å². The van der Waals surface area contributed by atoms with Gasteiger partial charge in [0.25, 0.3) is 5.91 Å². The molecule has 1 N–H and O–H groups in total. The van der Waals surface area contributed by atoms with Crippen LogP contribution in [0.15, 0.2) is 18.2 Å². The third-order valence-electron chi connectivity index (χ3n) is 2.85. The van der Waals surface area contributed by atoms with E-state index in [1.807, 2.05) is 6.92 Å². The predicted octanol–water partition coefficient (Wildman–Crippen LogP) is 2.12. The van der Waals surface area contributed by atoms with Crippen molar-refractivity contribution in [3.63, 3.8) is 0 Å². The molecule has 1 amide bonds. The van der Waals surface area contributed by atoms with Gasteiger partial charge in [-0.15, -0.1) is 0 Å². The van der Waals surface area contributed by atoms with E-state index in [4.69, 9.17) is 4.74 Å². The Balaban J connectivity index is 2.90. The molecule has 5 nitrogen and oxygen atoms in total. The normalized spacial score (nSPS) is 10.2. The molecular weight excluding hydrogens is 258 g/mol. The summed E-state index contributed by atoms with van der Waals surface area (Å²) in [6, 6.07) is 4.57. The summed E-state index contributed by atoms with van der Waals surface area (Å²) in [6.45, 7) is 6.15. The molecule has 0 aromatic heterocycles. The van der Waals surface area contributed by atoms with E-state index in [1.165, 1.54) is 17.0 Å².